The number of hydrogen-bond donors (Lipinski definition) is 2. The van der Waals surface area contributed by atoms with Gasteiger partial charge in [0.2, 0.25) is 0 Å². The molecule has 3 heterocycles. The Hall–Kier alpha value is -2.90. The van der Waals surface area contributed by atoms with E-state index in [2.05, 4.69) is 41.3 Å². The van der Waals surface area contributed by atoms with Crippen molar-refractivity contribution in [1.29, 1.82) is 0 Å². The molecule has 8 heteroatoms. The van der Waals surface area contributed by atoms with Crippen molar-refractivity contribution in [3.8, 4) is 17.0 Å². The summed E-state index contributed by atoms with van der Waals surface area (Å²) in [6.45, 7) is 8.19. The summed E-state index contributed by atoms with van der Waals surface area (Å²) in [6, 6.07) is 8.35. The maximum Gasteiger partial charge on any atom is 0.193 e. The molecule has 2 aromatic carbocycles. The number of piperazine rings is 1. The van der Waals surface area contributed by atoms with Gasteiger partial charge in [-0.2, -0.15) is 5.10 Å². The summed E-state index contributed by atoms with van der Waals surface area (Å²) in [7, 11) is 1.71. The molecular formula is C24H25ClFN5O. The highest BCUT2D eigenvalue weighted by Gasteiger charge is 2.23. The number of rotatable bonds is 2. The Balaban J connectivity index is 1.64. The van der Waals surface area contributed by atoms with Crippen molar-refractivity contribution in [1.82, 2.24) is 20.1 Å². The fourth-order valence-corrected chi connectivity index (χ4v) is 4.98. The van der Waals surface area contributed by atoms with E-state index in [9.17, 15) is 9.50 Å². The first-order valence-corrected chi connectivity index (χ1v) is 11.1. The van der Waals surface area contributed by atoms with E-state index in [1.165, 1.54) is 4.68 Å². The molecule has 0 aliphatic carbocycles. The fraction of sp³-hybridized carbons (Fsp3) is 0.333. The lowest BCUT2D eigenvalue weighted by atomic mass is 10.0. The van der Waals surface area contributed by atoms with Gasteiger partial charge in [0.05, 0.1) is 16.2 Å². The number of aromatic nitrogens is 3. The summed E-state index contributed by atoms with van der Waals surface area (Å²) < 4.78 is 16.3. The van der Waals surface area contributed by atoms with Crippen LogP contribution in [0.5, 0.6) is 5.75 Å². The minimum atomic E-state index is -0.759. The number of benzene rings is 2. The summed E-state index contributed by atoms with van der Waals surface area (Å²) in [5.74, 6) is -1.23. The van der Waals surface area contributed by atoms with E-state index < -0.39 is 11.6 Å². The minimum Gasteiger partial charge on any atom is -0.504 e. The van der Waals surface area contributed by atoms with Gasteiger partial charge in [-0.25, -0.2) is 9.37 Å². The van der Waals surface area contributed by atoms with Crippen LogP contribution < -0.4 is 10.2 Å². The standard InChI is InChI=1S/C24H25ClFN5O/c1-12-5-16(31-9-13(2)27-14(3)10-31)7-17-19(25)8-20(28-22(12)17)18-6-15-11-30(4)29-23(15)21(26)24(18)32/h5-8,11,13-14,27,32H,9-10H2,1-4H3/t13-,14-/m0/s1. The number of aromatic hydroxyl groups is 1. The molecule has 1 aliphatic rings. The Kier molecular flexibility index (Phi) is 4.98. The number of halogens is 2. The van der Waals surface area contributed by atoms with Gasteiger partial charge in [-0.3, -0.25) is 4.68 Å². The van der Waals surface area contributed by atoms with E-state index in [0.29, 0.717) is 33.7 Å². The van der Waals surface area contributed by atoms with Crippen LogP contribution in [0.25, 0.3) is 33.1 Å². The van der Waals surface area contributed by atoms with E-state index in [4.69, 9.17) is 16.6 Å². The molecule has 166 valence electrons. The maximum atomic E-state index is 14.8. The van der Waals surface area contributed by atoms with Crippen LogP contribution in [0.1, 0.15) is 19.4 Å². The Bertz CT molecular complexity index is 1360. The predicted octanol–water partition coefficient (Wildman–Crippen LogP) is 4.78. The van der Waals surface area contributed by atoms with Gasteiger partial charge in [-0.15, -0.1) is 0 Å². The zero-order valence-corrected chi connectivity index (χ0v) is 19.2. The van der Waals surface area contributed by atoms with Crippen LogP contribution in [-0.2, 0) is 7.05 Å². The number of pyridine rings is 1. The van der Waals surface area contributed by atoms with Crippen molar-refractivity contribution < 1.29 is 9.50 Å². The number of phenols is 1. The lowest BCUT2D eigenvalue weighted by molar-refractivity contribution is 0.407. The fourth-order valence-electron chi connectivity index (χ4n) is 4.73. The molecule has 0 spiro atoms. The number of hydrogen-bond acceptors (Lipinski definition) is 5. The van der Waals surface area contributed by atoms with E-state index in [0.717, 1.165) is 35.2 Å². The number of phenolic OH excluding ortho intramolecular Hbond substituents is 1. The highest BCUT2D eigenvalue weighted by atomic mass is 35.5. The van der Waals surface area contributed by atoms with Crippen LogP contribution in [0.4, 0.5) is 10.1 Å². The van der Waals surface area contributed by atoms with Crippen LogP contribution in [0, 0.1) is 12.7 Å². The number of nitrogens with zero attached hydrogens (tertiary/aromatic N) is 4. The largest absolute Gasteiger partial charge is 0.504 e. The molecule has 0 saturated carbocycles. The maximum absolute atomic E-state index is 14.8. The summed E-state index contributed by atoms with van der Waals surface area (Å²) in [5, 5.41) is 20.1. The lowest BCUT2D eigenvalue weighted by Gasteiger charge is -2.38. The van der Waals surface area contributed by atoms with Gasteiger partial charge in [-0.05, 0) is 50.6 Å². The Labute approximate surface area is 190 Å². The van der Waals surface area contributed by atoms with Crippen molar-refractivity contribution in [3.05, 3.63) is 46.9 Å². The van der Waals surface area contributed by atoms with Crippen molar-refractivity contribution >= 4 is 39.1 Å². The van der Waals surface area contributed by atoms with Gasteiger partial charge in [0.25, 0.3) is 0 Å². The van der Waals surface area contributed by atoms with Crippen LogP contribution in [0.15, 0.2) is 30.5 Å². The summed E-state index contributed by atoms with van der Waals surface area (Å²) in [4.78, 5) is 7.13. The second kappa shape index (κ2) is 7.60. The van der Waals surface area contributed by atoms with Gasteiger partial charge in [0.1, 0.15) is 5.52 Å². The third-order valence-corrected chi connectivity index (χ3v) is 6.38. The molecule has 6 nitrogen and oxygen atoms in total. The smallest absolute Gasteiger partial charge is 0.193 e. The first kappa shape index (κ1) is 21.0. The SMILES string of the molecule is Cc1cc(N2C[C@H](C)N[C@@H](C)C2)cc2c(Cl)cc(-c3cc4cn(C)nc4c(F)c3O)nc12. The zero-order chi connectivity index (χ0) is 22.7. The highest BCUT2D eigenvalue weighted by molar-refractivity contribution is 6.35. The molecule has 32 heavy (non-hydrogen) atoms. The molecule has 0 unspecified atom stereocenters. The number of nitrogens with one attached hydrogen (secondary N) is 1. The Morgan fingerprint density at radius 1 is 1.12 bits per heavy atom. The number of aryl methyl sites for hydroxylation is 2. The first-order valence-electron chi connectivity index (χ1n) is 10.7. The summed E-state index contributed by atoms with van der Waals surface area (Å²) >= 11 is 6.70. The van der Waals surface area contributed by atoms with Crippen LogP contribution in [-0.4, -0.2) is 45.0 Å². The van der Waals surface area contributed by atoms with E-state index in [1.54, 1.807) is 25.4 Å². The molecule has 1 fully saturated rings. The van der Waals surface area contributed by atoms with Crippen molar-refractivity contribution in [3.63, 3.8) is 0 Å². The topological polar surface area (TPSA) is 66.2 Å². The Morgan fingerprint density at radius 3 is 2.56 bits per heavy atom. The Morgan fingerprint density at radius 2 is 1.84 bits per heavy atom. The monoisotopic (exact) mass is 453 g/mol. The van der Waals surface area contributed by atoms with Gasteiger partial charge in [-0.1, -0.05) is 11.6 Å². The van der Waals surface area contributed by atoms with E-state index in [1.807, 2.05) is 6.92 Å². The number of anilines is 1. The van der Waals surface area contributed by atoms with Crippen LogP contribution >= 0.6 is 11.6 Å². The molecular weight excluding hydrogens is 429 g/mol. The molecule has 4 aromatic rings. The molecule has 5 rings (SSSR count). The normalized spacial score (nSPS) is 19.2. The molecule has 2 aromatic heterocycles. The van der Waals surface area contributed by atoms with Gasteiger partial charge in [0, 0.05) is 60.4 Å². The van der Waals surface area contributed by atoms with Crippen LogP contribution in [0.3, 0.4) is 0 Å². The molecule has 0 radical (unpaired) electrons. The van der Waals surface area contributed by atoms with E-state index >= 15 is 0 Å². The predicted molar refractivity (Wildman–Crippen MR) is 127 cm³/mol. The van der Waals surface area contributed by atoms with Gasteiger partial charge in [0.15, 0.2) is 11.6 Å². The quantitative estimate of drug-likeness (QED) is 0.457. The van der Waals surface area contributed by atoms with Gasteiger partial charge < -0.3 is 15.3 Å². The minimum absolute atomic E-state index is 0.126. The molecule has 2 atom stereocenters. The zero-order valence-electron chi connectivity index (χ0n) is 18.4. The molecule has 0 amide bonds. The highest BCUT2D eigenvalue weighted by Crippen LogP contribution is 2.39. The average Bonchev–Trinajstić information content (AvgIpc) is 3.11. The van der Waals surface area contributed by atoms with Crippen molar-refractivity contribution in [2.75, 3.05) is 18.0 Å². The second-order valence-electron chi connectivity index (χ2n) is 8.85. The molecule has 2 N–H and O–H groups in total. The van der Waals surface area contributed by atoms with Crippen molar-refractivity contribution in [2.24, 2.45) is 7.05 Å². The third-order valence-electron chi connectivity index (χ3n) is 6.06. The van der Waals surface area contributed by atoms with Gasteiger partial charge >= 0.3 is 0 Å². The lowest BCUT2D eigenvalue weighted by Crippen LogP contribution is -2.54. The molecule has 0 bridgehead atoms. The average molecular weight is 454 g/mol. The molecule has 1 saturated heterocycles. The molecule has 1 aliphatic heterocycles. The second-order valence-corrected chi connectivity index (χ2v) is 9.26. The summed E-state index contributed by atoms with van der Waals surface area (Å²) in [5.41, 5.74) is 3.66. The first-order chi connectivity index (χ1) is 15.2. The summed E-state index contributed by atoms with van der Waals surface area (Å²) in [6.07, 6.45) is 1.71. The van der Waals surface area contributed by atoms with E-state index in [-0.39, 0.29) is 5.52 Å². The number of fused-ring (bicyclic) bond motifs is 2. The van der Waals surface area contributed by atoms with Crippen molar-refractivity contribution in [2.45, 2.75) is 32.9 Å². The third kappa shape index (κ3) is 3.45. The van der Waals surface area contributed by atoms with Crippen LogP contribution in [0.2, 0.25) is 5.02 Å².